The van der Waals surface area contributed by atoms with Crippen molar-refractivity contribution in [2.24, 2.45) is 0 Å². The molecule has 1 heterocycles. The molecule has 1 amide bonds. The molecule has 0 aliphatic carbocycles. The van der Waals surface area contributed by atoms with E-state index in [0.29, 0.717) is 20.6 Å². The Balaban J connectivity index is 1.75. The molecular weight excluding hydrogens is 402 g/mol. The zero-order valence-electron chi connectivity index (χ0n) is 15.5. The van der Waals surface area contributed by atoms with Crippen molar-refractivity contribution in [1.29, 1.82) is 0 Å². The molecule has 0 saturated carbocycles. The number of benzene rings is 2. The van der Waals surface area contributed by atoms with Crippen LogP contribution in [0.15, 0.2) is 46.7 Å². The Hall–Kier alpha value is -2.45. The summed E-state index contributed by atoms with van der Waals surface area (Å²) in [7, 11) is 0.473. The fourth-order valence-corrected chi connectivity index (χ4v) is 4.63. The minimum absolute atomic E-state index is 0.131. The van der Waals surface area contributed by atoms with Gasteiger partial charge in [0.05, 0.1) is 22.9 Å². The molecular formula is C20H18F2N2O2S2. The van der Waals surface area contributed by atoms with Crippen LogP contribution in [0, 0.1) is 18.6 Å². The summed E-state index contributed by atoms with van der Waals surface area (Å²) in [6, 6.07) is 10.0. The van der Waals surface area contributed by atoms with Gasteiger partial charge in [0.25, 0.3) is 0 Å². The lowest BCUT2D eigenvalue weighted by molar-refractivity contribution is -0.117. The summed E-state index contributed by atoms with van der Waals surface area (Å²) >= 11 is 1.23. The Morgan fingerprint density at radius 2 is 1.86 bits per heavy atom. The third-order valence-corrected chi connectivity index (χ3v) is 7.01. The van der Waals surface area contributed by atoms with Gasteiger partial charge < -0.3 is 0 Å². The van der Waals surface area contributed by atoms with E-state index in [9.17, 15) is 17.8 Å². The fourth-order valence-electron chi connectivity index (χ4n) is 2.70. The van der Waals surface area contributed by atoms with E-state index in [1.54, 1.807) is 44.5 Å². The van der Waals surface area contributed by atoms with Crippen LogP contribution in [0.1, 0.15) is 11.3 Å². The molecule has 0 aliphatic rings. The van der Waals surface area contributed by atoms with Gasteiger partial charge in [-0.05, 0) is 36.2 Å². The fraction of sp³-hybridized carbons (Fsp3) is 0.200. The van der Waals surface area contributed by atoms with Gasteiger partial charge >= 0.3 is 0 Å². The van der Waals surface area contributed by atoms with Crippen LogP contribution in [0.5, 0.6) is 0 Å². The Morgan fingerprint density at radius 3 is 2.46 bits per heavy atom. The number of hydrogen-bond acceptors (Lipinski definition) is 4. The lowest BCUT2D eigenvalue weighted by atomic mass is 10.0. The first-order valence-electron chi connectivity index (χ1n) is 8.38. The van der Waals surface area contributed by atoms with Crippen LogP contribution >= 0.6 is 11.3 Å². The predicted molar refractivity (Wildman–Crippen MR) is 108 cm³/mol. The highest BCUT2D eigenvalue weighted by Gasteiger charge is 2.18. The SMILES string of the molecule is Cc1nc(N(C)C(=O)Cc2ccc(-c3cc(F)ccc3F)cc2)sc1S(C)=O. The second kappa shape index (κ2) is 8.28. The van der Waals surface area contributed by atoms with Gasteiger partial charge in [-0.3, -0.25) is 13.9 Å². The molecule has 3 rings (SSSR count). The average molecular weight is 421 g/mol. The Kier molecular flexibility index (Phi) is 6.00. The molecule has 1 aromatic heterocycles. The van der Waals surface area contributed by atoms with E-state index in [1.807, 2.05) is 0 Å². The number of nitrogens with zero attached hydrogens (tertiary/aromatic N) is 2. The summed E-state index contributed by atoms with van der Waals surface area (Å²) in [4.78, 5) is 18.3. The smallest absolute Gasteiger partial charge is 0.232 e. The van der Waals surface area contributed by atoms with Crippen LogP contribution in [0.3, 0.4) is 0 Å². The number of aromatic nitrogens is 1. The molecule has 28 heavy (non-hydrogen) atoms. The first kappa shape index (κ1) is 20.3. The minimum atomic E-state index is -1.15. The van der Waals surface area contributed by atoms with Gasteiger partial charge in [-0.25, -0.2) is 13.8 Å². The van der Waals surface area contributed by atoms with E-state index in [0.717, 1.165) is 23.8 Å². The first-order chi connectivity index (χ1) is 13.3. The molecule has 2 aromatic carbocycles. The zero-order chi connectivity index (χ0) is 20.4. The van der Waals surface area contributed by atoms with Gasteiger partial charge in [0, 0.05) is 18.9 Å². The number of anilines is 1. The number of rotatable bonds is 5. The number of carbonyl (C=O) groups excluding carboxylic acids is 1. The third-order valence-electron chi connectivity index (χ3n) is 4.21. The Bertz CT molecular complexity index is 1050. The zero-order valence-corrected chi connectivity index (χ0v) is 17.2. The number of hydrogen-bond donors (Lipinski definition) is 0. The summed E-state index contributed by atoms with van der Waals surface area (Å²) in [6.07, 6.45) is 1.71. The van der Waals surface area contributed by atoms with E-state index in [2.05, 4.69) is 4.98 Å². The second-order valence-corrected chi connectivity index (χ2v) is 8.83. The highest BCUT2D eigenvalue weighted by atomic mass is 32.2. The molecule has 0 saturated heterocycles. The van der Waals surface area contributed by atoms with Gasteiger partial charge in [-0.1, -0.05) is 35.6 Å². The topological polar surface area (TPSA) is 50.3 Å². The van der Waals surface area contributed by atoms with Crippen molar-refractivity contribution in [3.63, 3.8) is 0 Å². The number of aryl methyl sites for hydroxylation is 1. The van der Waals surface area contributed by atoms with E-state index < -0.39 is 22.4 Å². The van der Waals surface area contributed by atoms with Gasteiger partial charge in [-0.15, -0.1) is 0 Å². The molecule has 0 radical (unpaired) electrons. The maximum absolute atomic E-state index is 13.9. The van der Waals surface area contributed by atoms with E-state index in [4.69, 9.17) is 0 Å². The molecule has 1 unspecified atom stereocenters. The highest BCUT2D eigenvalue weighted by molar-refractivity contribution is 7.86. The lowest BCUT2D eigenvalue weighted by Crippen LogP contribution is -2.27. The number of thiazole rings is 1. The number of amides is 1. The molecule has 0 aliphatic heterocycles. The highest BCUT2D eigenvalue weighted by Crippen LogP contribution is 2.28. The van der Waals surface area contributed by atoms with Crippen LogP contribution in [-0.4, -0.2) is 28.4 Å². The summed E-state index contributed by atoms with van der Waals surface area (Å²) < 4.78 is 39.6. The quantitative estimate of drug-likeness (QED) is 0.617. The molecule has 146 valence electrons. The van der Waals surface area contributed by atoms with Crippen molar-refractivity contribution in [3.8, 4) is 11.1 Å². The summed E-state index contributed by atoms with van der Waals surface area (Å²) in [5, 5.41) is 0.492. The van der Waals surface area contributed by atoms with Gasteiger partial charge in [0.15, 0.2) is 5.13 Å². The van der Waals surface area contributed by atoms with Crippen LogP contribution < -0.4 is 4.90 Å². The third kappa shape index (κ3) is 4.34. The number of carbonyl (C=O) groups is 1. The van der Waals surface area contributed by atoms with Crippen LogP contribution in [0.2, 0.25) is 0 Å². The van der Waals surface area contributed by atoms with Crippen LogP contribution in [0.25, 0.3) is 11.1 Å². The van der Waals surface area contributed by atoms with Gasteiger partial charge in [-0.2, -0.15) is 0 Å². The summed E-state index contributed by atoms with van der Waals surface area (Å²) in [5.74, 6) is -1.19. The lowest BCUT2D eigenvalue weighted by Gasteiger charge is -2.14. The second-order valence-electron chi connectivity index (χ2n) is 6.27. The molecule has 4 nitrogen and oxygen atoms in total. The monoisotopic (exact) mass is 420 g/mol. The first-order valence-corrected chi connectivity index (χ1v) is 10.8. The molecule has 0 spiro atoms. The van der Waals surface area contributed by atoms with Crippen molar-refractivity contribution < 1.29 is 17.8 Å². The van der Waals surface area contributed by atoms with Crippen molar-refractivity contribution in [3.05, 3.63) is 65.4 Å². The van der Waals surface area contributed by atoms with Crippen LogP contribution in [0.4, 0.5) is 13.9 Å². The minimum Gasteiger partial charge on any atom is -0.291 e. The van der Waals surface area contributed by atoms with Gasteiger partial charge in [0.1, 0.15) is 15.8 Å². The molecule has 3 aromatic rings. The maximum Gasteiger partial charge on any atom is 0.232 e. The normalized spacial score (nSPS) is 12.0. The standard InChI is InChI=1S/C20H18F2N2O2S2/c1-12-19(28(3)26)27-20(23-12)24(2)18(25)10-13-4-6-14(7-5-13)16-11-15(21)8-9-17(16)22/h4-9,11H,10H2,1-3H3. The van der Waals surface area contributed by atoms with Crippen molar-refractivity contribution >= 4 is 33.2 Å². The molecule has 0 fully saturated rings. The van der Waals surface area contributed by atoms with Crippen LogP contribution in [-0.2, 0) is 22.0 Å². The van der Waals surface area contributed by atoms with Crippen molar-refractivity contribution in [1.82, 2.24) is 4.98 Å². The van der Waals surface area contributed by atoms with Gasteiger partial charge in [0.2, 0.25) is 5.91 Å². The van der Waals surface area contributed by atoms with Crippen molar-refractivity contribution in [2.75, 3.05) is 18.2 Å². The Morgan fingerprint density at radius 1 is 1.18 bits per heavy atom. The Labute approximate surface area is 168 Å². The summed E-state index contributed by atoms with van der Waals surface area (Å²) in [5.41, 5.74) is 2.10. The average Bonchev–Trinajstić information content (AvgIpc) is 3.05. The predicted octanol–water partition coefficient (Wildman–Crippen LogP) is 4.34. The molecule has 8 heteroatoms. The van der Waals surface area contributed by atoms with E-state index >= 15 is 0 Å². The largest absolute Gasteiger partial charge is 0.291 e. The summed E-state index contributed by atoms with van der Waals surface area (Å²) in [6.45, 7) is 1.76. The molecule has 0 bridgehead atoms. The number of likely N-dealkylation sites (N-methyl/N-ethyl adjacent to an activating group) is 1. The molecule has 0 N–H and O–H groups in total. The maximum atomic E-state index is 13.9. The van der Waals surface area contributed by atoms with E-state index in [1.165, 1.54) is 16.2 Å². The molecule has 1 atom stereocenters. The van der Waals surface area contributed by atoms with E-state index in [-0.39, 0.29) is 17.9 Å². The number of halogens is 2. The van der Waals surface area contributed by atoms with Crippen molar-refractivity contribution in [2.45, 2.75) is 17.6 Å².